The van der Waals surface area contributed by atoms with Gasteiger partial charge in [0.05, 0.1) is 18.5 Å². The van der Waals surface area contributed by atoms with E-state index in [-0.39, 0.29) is 0 Å². The third kappa shape index (κ3) is 2.17. The third-order valence-corrected chi connectivity index (χ3v) is 2.22. The first-order valence-electron chi connectivity index (χ1n) is 5.01. The van der Waals surface area contributed by atoms with Crippen molar-refractivity contribution in [2.75, 3.05) is 7.11 Å². The van der Waals surface area contributed by atoms with E-state index in [2.05, 4.69) is 9.97 Å². The highest BCUT2D eigenvalue weighted by Gasteiger charge is 2.05. The van der Waals surface area contributed by atoms with Gasteiger partial charge in [0.1, 0.15) is 0 Å². The fourth-order valence-corrected chi connectivity index (χ4v) is 1.43. The number of benzene rings is 1. The van der Waals surface area contributed by atoms with Gasteiger partial charge in [-0.3, -0.25) is 0 Å². The van der Waals surface area contributed by atoms with Crippen molar-refractivity contribution >= 4 is 0 Å². The summed E-state index contributed by atoms with van der Waals surface area (Å²) in [4.78, 5) is 8.42. The molecule has 0 bridgehead atoms. The van der Waals surface area contributed by atoms with Gasteiger partial charge in [0.15, 0.2) is 0 Å². The van der Waals surface area contributed by atoms with Crippen LogP contribution in [0.3, 0.4) is 0 Å². The van der Waals surface area contributed by atoms with E-state index in [1.807, 2.05) is 36.4 Å². The maximum atomic E-state index is 5.57. The number of aromatic nitrogens is 2. The molecule has 0 aliphatic heterocycles. The van der Waals surface area contributed by atoms with Crippen LogP contribution in [0.4, 0.5) is 0 Å². The summed E-state index contributed by atoms with van der Waals surface area (Å²) in [5.74, 6) is 0. The molecule has 1 heterocycles. The molecule has 0 aliphatic carbocycles. The predicted molar refractivity (Wildman–Crippen MR) is 61.9 cm³/mol. The lowest BCUT2D eigenvalue weighted by Gasteiger charge is -2.05. The molecule has 0 spiro atoms. The lowest BCUT2D eigenvalue weighted by molar-refractivity contribution is 0.378. The first-order valence-corrected chi connectivity index (χ1v) is 5.01. The molecule has 0 atom stereocenters. The summed E-state index contributed by atoms with van der Waals surface area (Å²) in [7, 11) is 1.55. The fourth-order valence-electron chi connectivity index (χ4n) is 1.43. The van der Waals surface area contributed by atoms with Crippen LogP contribution in [-0.2, 0) is 6.54 Å². The van der Waals surface area contributed by atoms with Crippen molar-refractivity contribution < 1.29 is 4.74 Å². The summed E-state index contributed by atoms with van der Waals surface area (Å²) in [5, 5.41) is 0. The van der Waals surface area contributed by atoms with E-state index in [1.54, 1.807) is 7.11 Å². The lowest BCUT2D eigenvalue weighted by atomic mass is 10.1. The van der Waals surface area contributed by atoms with Gasteiger partial charge in [0.25, 0.3) is 0 Å². The smallest absolute Gasteiger partial charge is 0.316 e. The molecular weight excluding hydrogens is 202 g/mol. The molecule has 4 heteroatoms. The highest BCUT2D eigenvalue weighted by molar-refractivity contribution is 5.59. The molecule has 0 saturated heterocycles. The van der Waals surface area contributed by atoms with Crippen molar-refractivity contribution in [2.45, 2.75) is 6.54 Å². The maximum Gasteiger partial charge on any atom is 0.316 e. The third-order valence-electron chi connectivity index (χ3n) is 2.22. The number of nitrogens with two attached hydrogens (primary N) is 1. The number of hydrogen-bond acceptors (Lipinski definition) is 4. The van der Waals surface area contributed by atoms with E-state index in [0.29, 0.717) is 12.6 Å². The van der Waals surface area contributed by atoms with Crippen molar-refractivity contribution in [3.05, 3.63) is 42.1 Å². The molecule has 1 aromatic heterocycles. The monoisotopic (exact) mass is 215 g/mol. The Labute approximate surface area is 94.1 Å². The largest absolute Gasteiger partial charge is 0.467 e. The molecule has 2 rings (SSSR count). The van der Waals surface area contributed by atoms with Crippen molar-refractivity contribution in [1.29, 1.82) is 0 Å². The van der Waals surface area contributed by atoms with Crippen LogP contribution < -0.4 is 10.5 Å². The summed E-state index contributed by atoms with van der Waals surface area (Å²) in [6.07, 6.45) is 0. The van der Waals surface area contributed by atoms with Gasteiger partial charge >= 0.3 is 6.01 Å². The Morgan fingerprint density at radius 2 is 1.94 bits per heavy atom. The summed E-state index contributed by atoms with van der Waals surface area (Å²) in [6, 6.07) is 12.1. The topological polar surface area (TPSA) is 61.0 Å². The molecule has 2 aromatic rings. The molecule has 0 unspecified atom stereocenters. The number of methoxy groups -OCH3 is 1. The Kier molecular flexibility index (Phi) is 3.12. The second-order valence-electron chi connectivity index (χ2n) is 3.30. The van der Waals surface area contributed by atoms with Gasteiger partial charge in [-0.15, -0.1) is 0 Å². The number of hydrogen-bond donors (Lipinski definition) is 1. The van der Waals surface area contributed by atoms with Crippen molar-refractivity contribution in [3.63, 3.8) is 0 Å². The number of rotatable bonds is 3. The molecule has 16 heavy (non-hydrogen) atoms. The zero-order valence-electron chi connectivity index (χ0n) is 9.05. The molecular formula is C12H13N3O. The van der Waals surface area contributed by atoms with Crippen LogP contribution in [0.1, 0.15) is 5.69 Å². The normalized spacial score (nSPS) is 10.1. The van der Waals surface area contributed by atoms with Crippen molar-refractivity contribution in [3.8, 4) is 17.3 Å². The molecule has 0 fully saturated rings. The van der Waals surface area contributed by atoms with Crippen molar-refractivity contribution in [2.24, 2.45) is 5.73 Å². The molecule has 4 nitrogen and oxygen atoms in total. The highest BCUT2D eigenvalue weighted by Crippen LogP contribution is 2.19. The Morgan fingerprint density at radius 3 is 2.56 bits per heavy atom. The second-order valence-corrected chi connectivity index (χ2v) is 3.30. The first-order chi connectivity index (χ1) is 7.83. The van der Waals surface area contributed by atoms with Gasteiger partial charge < -0.3 is 10.5 Å². The minimum atomic E-state index is 0.349. The number of ether oxygens (including phenoxy) is 1. The molecule has 0 aliphatic rings. The molecule has 0 radical (unpaired) electrons. The summed E-state index contributed by atoms with van der Waals surface area (Å²) < 4.78 is 5.04. The average Bonchev–Trinajstić information content (AvgIpc) is 2.39. The van der Waals surface area contributed by atoms with E-state index in [4.69, 9.17) is 10.5 Å². The highest BCUT2D eigenvalue weighted by atomic mass is 16.5. The van der Waals surface area contributed by atoms with Crippen LogP contribution in [-0.4, -0.2) is 17.1 Å². The van der Waals surface area contributed by atoms with Crippen LogP contribution in [0.5, 0.6) is 6.01 Å². The molecule has 82 valence electrons. The van der Waals surface area contributed by atoms with Crippen LogP contribution in [0.25, 0.3) is 11.3 Å². The Morgan fingerprint density at radius 1 is 1.19 bits per heavy atom. The van der Waals surface area contributed by atoms with E-state index < -0.39 is 0 Å². The summed E-state index contributed by atoms with van der Waals surface area (Å²) in [6.45, 7) is 0.374. The molecule has 2 N–H and O–H groups in total. The predicted octanol–water partition coefficient (Wildman–Crippen LogP) is 1.61. The maximum absolute atomic E-state index is 5.57. The zero-order chi connectivity index (χ0) is 11.4. The Balaban J connectivity index is 2.48. The summed E-state index contributed by atoms with van der Waals surface area (Å²) >= 11 is 0. The van der Waals surface area contributed by atoms with Crippen LogP contribution in [0.15, 0.2) is 36.4 Å². The first kappa shape index (κ1) is 10.6. The number of nitrogens with zero attached hydrogens (tertiary/aromatic N) is 2. The Bertz CT molecular complexity index is 449. The van der Waals surface area contributed by atoms with Crippen LogP contribution in [0.2, 0.25) is 0 Å². The van der Waals surface area contributed by atoms with Gasteiger partial charge in [-0.2, -0.15) is 9.97 Å². The standard InChI is InChI=1S/C12H13N3O/c1-16-12-14-10(8-13)7-11(15-12)9-5-3-2-4-6-9/h2-7H,8,13H2,1H3. The average molecular weight is 215 g/mol. The van der Waals surface area contributed by atoms with E-state index in [0.717, 1.165) is 17.0 Å². The molecule has 0 amide bonds. The van der Waals surface area contributed by atoms with Gasteiger partial charge in [-0.1, -0.05) is 30.3 Å². The van der Waals surface area contributed by atoms with Gasteiger partial charge in [-0.25, -0.2) is 0 Å². The van der Waals surface area contributed by atoms with Gasteiger partial charge in [-0.05, 0) is 6.07 Å². The molecule has 0 saturated carbocycles. The van der Waals surface area contributed by atoms with E-state index in [9.17, 15) is 0 Å². The fraction of sp³-hybridized carbons (Fsp3) is 0.167. The summed E-state index contributed by atoms with van der Waals surface area (Å²) in [5.41, 5.74) is 8.20. The minimum absolute atomic E-state index is 0.349. The molecule has 1 aromatic carbocycles. The zero-order valence-corrected chi connectivity index (χ0v) is 9.05. The van der Waals surface area contributed by atoms with Crippen LogP contribution in [0, 0.1) is 0 Å². The van der Waals surface area contributed by atoms with Crippen molar-refractivity contribution in [1.82, 2.24) is 9.97 Å². The van der Waals surface area contributed by atoms with Gasteiger partial charge in [0.2, 0.25) is 0 Å². The minimum Gasteiger partial charge on any atom is -0.467 e. The lowest BCUT2D eigenvalue weighted by Crippen LogP contribution is -2.03. The van der Waals surface area contributed by atoms with Gasteiger partial charge in [0, 0.05) is 12.1 Å². The second kappa shape index (κ2) is 4.72. The van der Waals surface area contributed by atoms with E-state index in [1.165, 1.54) is 0 Å². The Hall–Kier alpha value is -1.94. The van der Waals surface area contributed by atoms with Crippen LogP contribution >= 0.6 is 0 Å². The SMILES string of the molecule is COc1nc(CN)cc(-c2ccccc2)n1. The van der Waals surface area contributed by atoms with E-state index >= 15 is 0 Å². The quantitative estimate of drug-likeness (QED) is 0.845.